The third-order valence-electron chi connectivity index (χ3n) is 5.80. The fourth-order valence-electron chi connectivity index (χ4n) is 4.25. The first-order valence-corrected chi connectivity index (χ1v) is 11.0. The number of nitrogens with zero attached hydrogens (tertiary/aromatic N) is 1. The molecule has 1 N–H and O–H groups in total. The molecule has 7 heteroatoms. The first kappa shape index (κ1) is 20.7. The van der Waals surface area contributed by atoms with E-state index in [-0.39, 0.29) is 17.8 Å². The maximum Gasteiger partial charge on any atom is 0.328 e. The van der Waals surface area contributed by atoms with Crippen LogP contribution in [-0.4, -0.2) is 54.2 Å². The third kappa shape index (κ3) is 4.69. The van der Waals surface area contributed by atoms with Gasteiger partial charge in [-0.3, -0.25) is 9.59 Å². The molecule has 0 spiro atoms. The van der Waals surface area contributed by atoms with E-state index < -0.39 is 11.6 Å². The molecule has 1 aromatic carbocycles. The van der Waals surface area contributed by atoms with E-state index in [1.54, 1.807) is 16.7 Å². The maximum absolute atomic E-state index is 12.8. The number of rotatable bonds is 7. The molecule has 28 heavy (non-hydrogen) atoms. The van der Waals surface area contributed by atoms with Gasteiger partial charge in [-0.2, -0.15) is 0 Å². The van der Waals surface area contributed by atoms with Crippen LogP contribution in [0.1, 0.15) is 44.1 Å². The first-order chi connectivity index (χ1) is 13.5. The Morgan fingerprint density at radius 2 is 2.07 bits per heavy atom. The Labute approximate surface area is 170 Å². The Bertz CT molecular complexity index is 736. The molecule has 0 aliphatic carbocycles. The number of carbonyl (C=O) groups excluding carboxylic acids is 3. The second kappa shape index (κ2) is 8.99. The Morgan fingerprint density at radius 1 is 1.32 bits per heavy atom. The summed E-state index contributed by atoms with van der Waals surface area (Å²) in [4.78, 5) is 39.5. The van der Waals surface area contributed by atoms with Gasteiger partial charge >= 0.3 is 5.97 Å². The Morgan fingerprint density at radius 3 is 2.68 bits per heavy atom. The molecule has 3 rings (SSSR count). The molecule has 2 heterocycles. The summed E-state index contributed by atoms with van der Waals surface area (Å²) in [5.74, 6) is -0.337. The SMILES string of the molecule is COC(=O)[C@@H]1CCCN1C(=O)CCC1(Cc2ccc(SC)cc2)CCC(=O)N1. The van der Waals surface area contributed by atoms with Crippen molar-refractivity contribution in [3.63, 3.8) is 0 Å². The van der Waals surface area contributed by atoms with Crippen molar-refractivity contribution in [1.29, 1.82) is 0 Å². The van der Waals surface area contributed by atoms with Crippen LogP contribution in [0.3, 0.4) is 0 Å². The number of hydrogen-bond acceptors (Lipinski definition) is 5. The van der Waals surface area contributed by atoms with Crippen molar-refractivity contribution in [3.8, 4) is 0 Å². The summed E-state index contributed by atoms with van der Waals surface area (Å²) in [6.07, 6.45) is 6.33. The van der Waals surface area contributed by atoms with Crippen molar-refractivity contribution in [2.75, 3.05) is 19.9 Å². The zero-order chi connectivity index (χ0) is 20.1. The van der Waals surface area contributed by atoms with Gasteiger partial charge in [-0.15, -0.1) is 11.8 Å². The van der Waals surface area contributed by atoms with Crippen molar-refractivity contribution in [3.05, 3.63) is 29.8 Å². The molecular formula is C21H28N2O4S. The van der Waals surface area contributed by atoms with E-state index in [1.165, 1.54) is 12.0 Å². The zero-order valence-electron chi connectivity index (χ0n) is 16.5. The molecule has 2 fully saturated rings. The van der Waals surface area contributed by atoms with Gasteiger partial charge in [0.1, 0.15) is 6.04 Å². The minimum atomic E-state index is -0.467. The summed E-state index contributed by atoms with van der Waals surface area (Å²) < 4.78 is 4.83. The molecule has 0 aromatic heterocycles. The molecule has 152 valence electrons. The van der Waals surface area contributed by atoms with Gasteiger partial charge < -0.3 is 15.0 Å². The van der Waals surface area contributed by atoms with Crippen LogP contribution in [-0.2, 0) is 25.5 Å². The average Bonchev–Trinajstić information content (AvgIpc) is 3.33. The fourth-order valence-corrected chi connectivity index (χ4v) is 4.66. The van der Waals surface area contributed by atoms with Crippen LogP contribution in [0, 0.1) is 0 Å². The molecule has 0 saturated carbocycles. The molecule has 2 atom stereocenters. The molecule has 6 nitrogen and oxygen atoms in total. The van der Waals surface area contributed by atoms with Gasteiger partial charge in [0, 0.05) is 29.8 Å². The number of benzene rings is 1. The summed E-state index contributed by atoms with van der Waals surface area (Å²) in [5, 5.41) is 3.13. The Kier molecular flexibility index (Phi) is 6.65. The Balaban J connectivity index is 1.66. The van der Waals surface area contributed by atoms with Gasteiger partial charge in [0.25, 0.3) is 0 Å². The number of esters is 1. The van der Waals surface area contributed by atoms with E-state index in [2.05, 4.69) is 29.6 Å². The fraction of sp³-hybridized carbons (Fsp3) is 0.571. The third-order valence-corrected chi connectivity index (χ3v) is 6.54. The highest BCUT2D eigenvalue weighted by molar-refractivity contribution is 7.98. The number of amides is 2. The van der Waals surface area contributed by atoms with Gasteiger partial charge in [0.05, 0.1) is 7.11 Å². The molecular weight excluding hydrogens is 376 g/mol. The second-order valence-corrected chi connectivity index (χ2v) is 8.50. The van der Waals surface area contributed by atoms with Crippen LogP contribution in [0.4, 0.5) is 0 Å². The van der Waals surface area contributed by atoms with Crippen LogP contribution in [0.2, 0.25) is 0 Å². The lowest BCUT2D eigenvalue weighted by Gasteiger charge is -2.31. The first-order valence-electron chi connectivity index (χ1n) is 9.77. The number of nitrogens with one attached hydrogen (secondary N) is 1. The van der Waals surface area contributed by atoms with Crippen LogP contribution >= 0.6 is 11.8 Å². The van der Waals surface area contributed by atoms with E-state index in [0.717, 1.165) is 18.4 Å². The molecule has 2 saturated heterocycles. The van der Waals surface area contributed by atoms with E-state index in [4.69, 9.17) is 4.74 Å². The summed E-state index contributed by atoms with van der Waals surface area (Å²) in [6.45, 7) is 0.591. The highest BCUT2D eigenvalue weighted by Crippen LogP contribution is 2.31. The molecule has 1 unspecified atom stereocenters. The highest BCUT2D eigenvalue weighted by atomic mass is 32.2. The van der Waals surface area contributed by atoms with Crippen LogP contribution in [0.15, 0.2) is 29.2 Å². The Hall–Kier alpha value is -2.02. The second-order valence-electron chi connectivity index (χ2n) is 7.62. The average molecular weight is 405 g/mol. The summed E-state index contributed by atoms with van der Waals surface area (Å²) in [7, 11) is 1.36. The van der Waals surface area contributed by atoms with Gasteiger partial charge in [0.15, 0.2) is 0 Å². The van der Waals surface area contributed by atoms with E-state index >= 15 is 0 Å². The van der Waals surface area contributed by atoms with E-state index in [9.17, 15) is 14.4 Å². The van der Waals surface area contributed by atoms with Gasteiger partial charge in [-0.1, -0.05) is 12.1 Å². The van der Waals surface area contributed by atoms with E-state index in [1.807, 2.05) is 6.26 Å². The normalized spacial score (nSPS) is 24.3. The van der Waals surface area contributed by atoms with Crippen molar-refractivity contribution < 1.29 is 19.1 Å². The topological polar surface area (TPSA) is 75.7 Å². The van der Waals surface area contributed by atoms with Crippen molar-refractivity contribution >= 4 is 29.5 Å². The minimum absolute atomic E-state index is 0.0360. The molecule has 2 aliphatic rings. The number of carbonyl (C=O) groups is 3. The predicted octanol–water partition coefficient (Wildman–Crippen LogP) is 2.54. The van der Waals surface area contributed by atoms with Gasteiger partial charge in [-0.05, 0) is 56.1 Å². The number of thioether (sulfide) groups is 1. The molecule has 0 radical (unpaired) electrons. The summed E-state index contributed by atoms with van der Waals surface area (Å²) in [6, 6.07) is 7.88. The van der Waals surface area contributed by atoms with E-state index in [0.29, 0.717) is 38.6 Å². The standard InChI is InChI=1S/C21H28N2O4S/c1-27-20(26)17-4-3-13-23(17)19(25)10-12-21(11-9-18(24)22-21)14-15-5-7-16(28-2)8-6-15/h5-8,17H,3-4,9-14H2,1-2H3,(H,22,24)/t17-,21?/m0/s1. The lowest BCUT2D eigenvalue weighted by Crippen LogP contribution is -2.46. The summed E-state index contributed by atoms with van der Waals surface area (Å²) >= 11 is 1.69. The van der Waals surface area contributed by atoms with Crippen molar-refractivity contribution in [2.45, 2.75) is 61.4 Å². The maximum atomic E-state index is 12.8. The van der Waals surface area contributed by atoms with Gasteiger partial charge in [-0.25, -0.2) is 4.79 Å². The lowest BCUT2D eigenvalue weighted by atomic mass is 9.85. The monoisotopic (exact) mass is 404 g/mol. The molecule has 1 aromatic rings. The van der Waals surface area contributed by atoms with Crippen LogP contribution in [0.25, 0.3) is 0 Å². The minimum Gasteiger partial charge on any atom is -0.467 e. The van der Waals surface area contributed by atoms with Crippen molar-refractivity contribution in [1.82, 2.24) is 10.2 Å². The summed E-state index contributed by atoms with van der Waals surface area (Å²) in [5.41, 5.74) is 0.759. The van der Waals surface area contributed by atoms with Gasteiger partial charge in [0.2, 0.25) is 11.8 Å². The lowest BCUT2D eigenvalue weighted by molar-refractivity contribution is -0.151. The molecule has 2 amide bonds. The largest absolute Gasteiger partial charge is 0.467 e. The number of methoxy groups -OCH3 is 1. The molecule has 2 aliphatic heterocycles. The highest BCUT2D eigenvalue weighted by Gasteiger charge is 2.40. The predicted molar refractivity (Wildman–Crippen MR) is 108 cm³/mol. The smallest absolute Gasteiger partial charge is 0.328 e. The number of likely N-dealkylation sites (tertiary alicyclic amines) is 1. The van der Waals surface area contributed by atoms with Crippen LogP contribution in [0.5, 0.6) is 0 Å². The number of hydrogen-bond donors (Lipinski definition) is 1. The number of ether oxygens (including phenoxy) is 1. The zero-order valence-corrected chi connectivity index (χ0v) is 17.3. The molecule has 0 bridgehead atoms. The van der Waals surface area contributed by atoms with Crippen molar-refractivity contribution in [2.24, 2.45) is 0 Å². The quantitative estimate of drug-likeness (QED) is 0.558. The van der Waals surface area contributed by atoms with Crippen LogP contribution < -0.4 is 5.32 Å².